The second-order valence-corrected chi connectivity index (χ2v) is 6.71. The minimum atomic E-state index is 0.159. The van der Waals surface area contributed by atoms with Crippen LogP contribution in [0.15, 0.2) is 24.3 Å². The van der Waals surface area contributed by atoms with E-state index in [2.05, 4.69) is 42.8 Å². The fourth-order valence-electron chi connectivity index (χ4n) is 1.24. The van der Waals surface area contributed by atoms with Crippen LogP contribution in [0.3, 0.4) is 0 Å². The number of halogens is 2. The summed E-state index contributed by atoms with van der Waals surface area (Å²) >= 11 is 9.79. The van der Waals surface area contributed by atoms with Crippen LogP contribution >= 0.6 is 27.5 Å². The summed E-state index contributed by atoms with van der Waals surface area (Å²) in [4.78, 5) is 0. The Kier molecular flexibility index (Phi) is 4.03. The van der Waals surface area contributed by atoms with Crippen molar-refractivity contribution < 1.29 is 0 Å². The second kappa shape index (κ2) is 4.67. The van der Waals surface area contributed by atoms with Gasteiger partial charge in [0.25, 0.3) is 0 Å². The van der Waals surface area contributed by atoms with E-state index >= 15 is 0 Å². The normalized spacial score (nSPS) is 14.1. The lowest BCUT2D eigenvalue weighted by Gasteiger charge is -2.25. The Morgan fingerprint density at radius 1 is 1.36 bits per heavy atom. The van der Waals surface area contributed by atoms with Gasteiger partial charge in [0.15, 0.2) is 0 Å². The molecule has 0 aliphatic carbocycles. The molecule has 0 aliphatic rings. The first-order chi connectivity index (χ1) is 6.41. The van der Waals surface area contributed by atoms with Gasteiger partial charge in [-0.3, -0.25) is 0 Å². The largest absolute Gasteiger partial charge is 0.0856 e. The first-order valence-electron chi connectivity index (χ1n) is 4.83. The van der Waals surface area contributed by atoms with Crippen LogP contribution in [0, 0.1) is 5.92 Å². The molecule has 1 unspecified atom stereocenters. The van der Waals surface area contributed by atoms with E-state index in [4.69, 9.17) is 11.6 Å². The summed E-state index contributed by atoms with van der Waals surface area (Å²) < 4.78 is 0.159. The zero-order valence-electron chi connectivity index (χ0n) is 8.85. The summed E-state index contributed by atoms with van der Waals surface area (Å²) in [5.74, 6) is 0.558. The Morgan fingerprint density at radius 2 is 1.93 bits per heavy atom. The van der Waals surface area contributed by atoms with Crippen LogP contribution in [-0.4, -0.2) is 4.32 Å². The van der Waals surface area contributed by atoms with Crippen molar-refractivity contribution >= 4 is 27.5 Å². The average Bonchev–Trinajstić information content (AvgIpc) is 2.07. The van der Waals surface area contributed by atoms with Gasteiger partial charge < -0.3 is 0 Å². The maximum Gasteiger partial charge on any atom is 0.0438 e. The highest BCUT2D eigenvalue weighted by molar-refractivity contribution is 9.10. The molecule has 1 aromatic rings. The van der Waals surface area contributed by atoms with Gasteiger partial charge in [-0.2, -0.15) is 0 Å². The third-order valence-electron chi connectivity index (χ3n) is 2.66. The molecule has 2 heteroatoms. The summed E-state index contributed by atoms with van der Waals surface area (Å²) in [6.07, 6.45) is 1.01. The fraction of sp³-hybridized carbons (Fsp3) is 0.500. The van der Waals surface area contributed by atoms with Crippen LogP contribution in [0.4, 0.5) is 0 Å². The summed E-state index contributed by atoms with van der Waals surface area (Å²) in [6.45, 7) is 6.61. The zero-order valence-corrected chi connectivity index (χ0v) is 11.2. The number of rotatable bonds is 3. The predicted molar refractivity (Wildman–Crippen MR) is 67.3 cm³/mol. The van der Waals surface area contributed by atoms with Crippen molar-refractivity contribution in [3.8, 4) is 0 Å². The molecule has 0 saturated carbocycles. The van der Waals surface area contributed by atoms with E-state index in [0.717, 1.165) is 11.4 Å². The molecular weight excluding hydrogens is 259 g/mol. The molecule has 0 saturated heterocycles. The van der Waals surface area contributed by atoms with Crippen molar-refractivity contribution in [1.82, 2.24) is 0 Å². The first kappa shape index (κ1) is 12.1. The maximum atomic E-state index is 6.10. The van der Waals surface area contributed by atoms with Crippen molar-refractivity contribution in [2.45, 2.75) is 31.5 Å². The number of hydrogen-bond donors (Lipinski definition) is 0. The fourth-order valence-corrected chi connectivity index (χ4v) is 1.61. The number of hydrogen-bond acceptors (Lipinski definition) is 0. The highest BCUT2D eigenvalue weighted by Gasteiger charge is 2.22. The summed E-state index contributed by atoms with van der Waals surface area (Å²) in [6, 6.07) is 8.05. The first-order valence-corrected chi connectivity index (χ1v) is 6.00. The third kappa shape index (κ3) is 3.29. The zero-order chi connectivity index (χ0) is 10.8. The molecule has 0 aromatic heterocycles. The van der Waals surface area contributed by atoms with Gasteiger partial charge in [0.1, 0.15) is 0 Å². The lowest BCUT2D eigenvalue weighted by molar-refractivity contribution is 0.468. The molecule has 1 rings (SSSR count). The average molecular weight is 276 g/mol. The Balaban J connectivity index is 2.75. The van der Waals surface area contributed by atoms with E-state index in [-0.39, 0.29) is 4.32 Å². The SMILES string of the molecule is CC(Cc1ccccc1Cl)C(C)(C)Br. The van der Waals surface area contributed by atoms with Crippen LogP contribution in [0.2, 0.25) is 5.02 Å². The van der Waals surface area contributed by atoms with Crippen molar-refractivity contribution in [1.29, 1.82) is 0 Å². The molecule has 0 aliphatic heterocycles. The van der Waals surface area contributed by atoms with Gasteiger partial charge in [0, 0.05) is 9.35 Å². The summed E-state index contributed by atoms with van der Waals surface area (Å²) in [5.41, 5.74) is 1.23. The smallest absolute Gasteiger partial charge is 0.0438 e. The quantitative estimate of drug-likeness (QED) is 0.702. The molecule has 1 atom stereocenters. The van der Waals surface area contributed by atoms with E-state index in [0.29, 0.717) is 5.92 Å². The molecule has 78 valence electrons. The van der Waals surface area contributed by atoms with Crippen molar-refractivity contribution in [3.63, 3.8) is 0 Å². The van der Waals surface area contributed by atoms with E-state index in [1.807, 2.05) is 18.2 Å². The van der Waals surface area contributed by atoms with E-state index < -0.39 is 0 Å². The maximum absolute atomic E-state index is 6.10. The van der Waals surface area contributed by atoms with Gasteiger partial charge in [-0.25, -0.2) is 0 Å². The highest BCUT2D eigenvalue weighted by atomic mass is 79.9. The van der Waals surface area contributed by atoms with Gasteiger partial charge in [-0.05, 0) is 37.8 Å². The van der Waals surface area contributed by atoms with E-state index in [1.165, 1.54) is 5.56 Å². The minimum Gasteiger partial charge on any atom is -0.0856 e. The summed E-state index contributed by atoms with van der Waals surface area (Å²) in [5, 5.41) is 0.871. The Morgan fingerprint density at radius 3 is 2.43 bits per heavy atom. The number of benzene rings is 1. The topological polar surface area (TPSA) is 0 Å². The third-order valence-corrected chi connectivity index (χ3v) is 3.81. The monoisotopic (exact) mass is 274 g/mol. The van der Waals surface area contributed by atoms with Crippen LogP contribution in [0.5, 0.6) is 0 Å². The highest BCUT2D eigenvalue weighted by Crippen LogP contribution is 2.30. The van der Waals surface area contributed by atoms with Gasteiger partial charge in [-0.15, -0.1) is 0 Å². The van der Waals surface area contributed by atoms with Crippen molar-refractivity contribution in [2.24, 2.45) is 5.92 Å². The minimum absolute atomic E-state index is 0.159. The molecule has 0 amide bonds. The van der Waals surface area contributed by atoms with Crippen LogP contribution in [0.25, 0.3) is 0 Å². The Labute approximate surface area is 99.8 Å². The molecule has 14 heavy (non-hydrogen) atoms. The Bertz CT molecular complexity index is 301. The standard InChI is InChI=1S/C12H16BrCl/c1-9(12(2,3)13)8-10-6-4-5-7-11(10)14/h4-7,9H,8H2,1-3H3. The van der Waals surface area contributed by atoms with Gasteiger partial charge in [0.2, 0.25) is 0 Å². The molecule has 0 heterocycles. The lowest BCUT2D eigenvalue weighted by Crippen LogP contribution is -2.23. The van der Waals surface area contributed by atoms with Crippen LogP contribution in [-0.2, 0) is 6.42 Å². The molecule has 0 spiro atoms. The summed E-state index contributed by atoms with van der Waals surface area (Å²) in [7, 11) is 0. The lowest BCUT2D eigenvalue weighted by atomic mass is 9.91. The molecule has 0 fully saturated rings. The molecular formula is C12H16BrCl. The van der Waals surface area contributed by atoms with Crippen LogP contribution < -0.4 is 0 Å². The Hall–Kier alpha value is -0.0100. The molecule has 1 aromatic carbocycles. The molecule has 0 bridgehead atoms. The van der Waals surface area contributed by atoms with Crippen LogP contribution in [0.1, 0.15) is 26.3 Å². The van der Waals surface area contributed by atoms with Crippen molar-refractivity contribution in [3.05, 3.63) is 34.9 Å². The number of alkyl halides is 1. The predicted octanol–water partition coefficient (Wildman–Crippen LogP) is 4.69. The molecule has 0 N–H and O–H groups in total. The van der Waals surface area contributed by atoms with Crippen molar-refractivity contribution in [2.75, 3.05) is 0 Å². The molecule has 0 radical (unpaired) electrons. The van der Waals surface area contributed by atoms with Gasteiger partial charge >= 0.3 is 0 Å². The second-order valence-electron chi connectivity index (χ2n) is 4.26. The molecule has 0 nitrogen and oxygen atoms in total. The van der Waals surface area contributed by atoms with Gasteiger partial charge in [0.05, 0.1) is 0 Å². The van der Waals surface area contributed by atoms with Gasteiger partial charge in [-0.1, -0.05) is 52.7 Å². The van der Waals surface area contributed by atoms with E-state index in [1.54, 1.807) is 0 Å². The van der Waals surface area contributed by atoms with E-state index in [9.17, 15) is 0 Å².